The van der Waals surface area contributed by atoms with Gasteiger partial charge in [-0.15, -0.1) is 4.91 Å². The first kappa shape index (κ1) is 17.4. The van der Waals surface area contributed by atoms with Gasteiger partial charge in [-0.1, -0.05) is 6.07 Å². The van der Waals surface area contributed by atoms with Gasteiger partial charge in [-0.2, -0.15) is 0 Å². The third kappa shape index (κ3) is 4.14. The third-order valence-electron chi connectivity index (χ3n) is 5.63. The van der Waals surface area contributed by atoms with Gasteiger partial charge in [-0.3, -0.25) is 0 Å². The Kier molecular flexibility index (Phi) is 5.85. The fourth-order valence-electron chi connectivity index (χ4n) is 4.12. The number of methoxy groups -OCH3 is 1. The number of ether oxygens (including phenoxy) is 1. The first-order valence-electron chi connectivity index (χ1n) is 9.17. The van der Waals surface area contributed by atoms with E-state index in [1.54, 1.807) is 6.07 Å². The lowest BCUT2D eigenvalue weighted by Crippen LogP contribution is -2.46. The molecule has 0 amide bonds. The number of nitroso groups, excluding NO2 is 1. The molecule has 1 saturated heterocycles. The van der Waals surface area contributed by atoms with Crippen LogP contribution in [0.3, 0.4) is 0 Å². The van der Waals surface area contributed by atoms with E-state index in [0.29, 0.717) is 17.8 Å². The van der Waals surface area contributed by atoms with E-state index in [9.17, 15) is 4.91 Å². The molecule has 1 aromatic rings. The summed E-state index contributed by atoms with van der Waals surface area (Å²) in [4.78, 5) is 13.6. The SMILES string of the molecule is CO[C@H]1CC[C@H](N2CCC(Nc3cc(C)ccc3N=O)CC2)CC1. The quantitative estimate of drug-likeness (QED) is 0.821. The van der Waals surface area contributed by atoms with Gasteiger partial charge in [0.25, 0.3) is 0 Å². The molecule has 2 fully saturated rings. The lowest BCUT2D eigenvalue weighted by molar-refractivity contribution is 0.0329. The summed E-state index contributed by atoms with van der Waals surface area (Å²) in [6, 6.07) is 6.91. The van der Waals surface area contributed by atoms with E-state index in [-0.39, 0.29) is 0 Å². The van der Waals surface area contributed by atoms with Crippen LogP contribution in [0.15, 0.2) is 23.4 Å². The topological polar surface area (TPSA) is 53.9 Å². The summed E-state index contributed by atoms with van der Waals surface area (Å²) in [7, 11) is 1.83. The minimum atomic E-state index is 0.430. The largest absolute Gasteiger partial charge is 0.381 e. The van der Waals surface area contributed by atoms with E-state index in [1.807, 2.05) is 26.2 Å². The van der Waals surface area contributed by atoms with Crippen LogP contribution in [0.2, 0.25) is 0 Å². The van der Waals surface area contributed by atoms with Crippen LogP contribution < -0.4 is 5.32 Å². The molecule has 1 aliphatic heterocycles. The molecular formula is C19H29N3O2. The van der Waals surface area contributed by atoms with Gasteiger partial charge in [0.15, 0.2) is 0 Å². The number of nitrogens with zero attached hydrogens (tertiary/aromatic N) is 2. The molecule has 1 aromatic carbocycles. The molecule has 0 unspecified atom stereocenters. The standard InChI is InChI=1S/C19H29N3O2/c1-14-3-8-18(21-23)19(13-14)20-15-9-11-22(12-10-15)16-4-6-17(24-2)7-5-16/h3,8,13,15-17,20H,4-7,9-12H2,1-2H3/t16-,17-. The molecule has 1 aliphatic carbocycles. The van der Waals surface area contributed by atoms with E-state index in [4.69, 9.17) is 4.74 Å². The van der Waals surface area contributed by atoms with Gasteiger partial charge in [-0.05, 0) is 68.3 Å². The monoisotopic (exact) mass is 331 g/mol. The molecule has 0 atom stereocenters. The molecule has 1 N–H and O–H groups in total. The predicted octanol–water partition coefficient (Wildman–Crippen LogP) is 4.23. The first-order valence-corrected chi connectivity index (χ1v) is 9.17. The van der Waals surface area contributed by atoms with Gasteiger partial charge < -0.3 is 15.0 Å². The van der Waals surface area contributed by atoms with Crippen molar-refractivity contribution in [1.82, 2.24) is 4.90 Å². The molecule has 0 bridgehead atoms. The number of hydrogen-bond acceptors (Lipinski definition) is 5. The lowest BCUT2D eigenvalue weighted by atomic mass is 9.90. The van der Waals surface area contributed by atoms with Crippen LogP contribution in [0.4, 0.5) is 11.4 Å². The van der Waals surface area contributed by atoms with Gasteiger partial charge in [-0.25, -0.2) is 0 Å². The Hall–Kier alpha value is -1.46. The highest BCUT2D eigenvalue weighted by molar-refractivity contribution is 5.66. The van der Waals surface area contributed by atoms with E-state index in [2.05, 4.69) is 15.4 Å². The Morgan fingerprint density at radius 1 is 1.12 bits per heavy atom. The summed E-state index contributed by atoms with van der Waals surface area (Å²) in [6.07, 6.45) is 7.61. The predicted molar refractivity (Wildman–Crippen MR) is 97.9 cm³/mol. The van der Waals surface area contributed by atoms with E-state index >= 15 is 0 Å². The van der Waals surface area contributed by atoms with Gasteiger partial charge in [0.1, 0.15) is 5.69 Å². The molecule has 0 spiro atoms. The van der Waals surface area contributed by atoms with Crippen LogP contribution in [0.25, 0.3) is 0 Å². The highest BCUT2D eigenvalue weighted by atomic mass is 16.5. The summed E-state index contributed by atoms with van der Waals surface area (Å²) in [5.41, 5.74) is 2.54. The molecule has 2 aliphatic rings. The van der Waals surface area contributed by atoms with Crippen molar-refractivity contribution < 1.29 is 4.74 Å². The van der Waals surface area contributed by atoms with Crippen LogP contribution >= 0.6 is 0 Å². The van der Waals surface area contributed by atoms with Crippen molar-refractivity contribution in [3.8, 4) is 0 Å². The number of anilines is 1. The Morgan fingerprint density at radius 2 is 1.83 bits per heavy atom. The molecule has 3 rings (SSSR count). The van der Waals surface area contributed by atoms with Crippen LogP contribution in [0.1, 0.15) is 44.1 Å². The molecule has 5 nitrogen and oxygen atoms in total. The Bertz CT molecular complexity index is 548. The van der Waals surface area contributed by atoms with Gasteiger partial charge in [0.05, 0.1) is 11.8 Å². The maximum atomic E-state index is 11.0. The number of piperidine rings is 1. The van der Waals surface area contributed by atoms with Crippen LogP contribution in [0, 0.1) is 11.8 Å². The van der Waals surface area contributed by atoms with Crippen LogP contribution in [0.5, 0.6) is 0 Å². The minimum absolute atomic E-state index is 0.430. The number of aryl methyl sites for hydroxylation is 1. The second kappa shape index (κ2) is 8.08. The van der Waals surface area contributed by atoms with E-state index in [0.717, 1.165) is 43.2 Å². The van der Waals surface area contributed by atoms with Crippen LogP contribution in [-0.4, -0.2) is 43.3 Å². The zero-order chi connectivity index (χ0) is 16.9. The average molecular weight is 331 g/mol. The molecule has 24 heavy (non-hydrogen) atoms. The molecule has 132 valence electrons. The summed E-state index contributed by atoms with van der Waals surface area (Å²) < 4.78 is 5.48. The summed E-state index contributed by atoms with van der Waals surface area (Å²) in [6.45, 7) is 4.31. The zero-order valence-electron chi connectivity index (χ0n) is 14.8. The Balaban J connectivity index is 1.51. The van der Waals surface area contributed by atoms with Gasteiger partial charge in [0, 0.05) is 32.3 Å². The fraction of sp³-hybridized carbons (Fsp3) is 0.684. The van der Waals surface area contributed by atoms with Crippen molar-refractivity contribution in [2.75, 3.05) is 25.5 Å². The second-order valence-electron chi connectivity index (χ2n) is 7.23. The molecule has 0 aromatic heterocycles. The third-order valence-corrected chi connectivity index (χ3v) is 5.63. The number of hydrogen-bond donors (Lipinski definition) is 1. The Morgan fingerprint density at radius 3 is 2.46 bits per heavy atom. The highest BCUT2D eigenvalue weighted by Crippen LogP contribution is 2.30. The van der Waals surface area contributed by atoms with Crippen molar-refractivity contribution >= 4 is 11.4 Å². The van der Waals surface area contributed by atoms with Crippen molar-refractivity contribution in [1.29, 1.82) is 0 Å². The summed E-state index contributed by atoms with van der Waals surface area (Å²) in [5.74, 6) is 0. The highest BCUT2D eigenvalue weighted by Gasteiger charge is 2.29. The molecule has 1 saturated carbocycles. The lowest BCUT2D eigenvalue weighted by Gasteiger charge is -2.41. The first-order chi connectivity index (χ1) is 11.7. The van der Waals surface area contributed by atoms with Gasteiger partial charge in [0.2, 0.25) is 0 Å². The van der Waals surface area contributed by atoms with Gasteiger partial charge >= 0.3 is 0 Å². The van der Waals surface area contributed by atoms with E-state index in [1.165, 1.54) is 25.7 Å². The molecule has 1 heterocycles. The number of benzene rings is 1. The Labute approximate surface area is 144 Å². The molecule has 0 radical (unpaired) electrons. The normalized spacial score (nSPS) is 26.2. The van der Waals surface area contributed by atoms with Crippen molar-refractivity contribution in [2.24, 2.45) is 5.18 Å². The molecule has 5 heteroatoms. The van der Waals surface area contributed by atoms with Crippen molar-refractivity contribution in [3.05, 3.63) is 28.7 Å². The van der Waals surface area contributed by atoms with E-state index < -0.39 is 0 Å². The van der Waals surface area contributed by atoms with Crippen molar-refractivity contribution in [3.63, 3.8) is 0 Å². The average Bonchev–Trinajstić information content (AvgIpc) is 2.63. The fourth-order valence-corrected chi connectivity index (χ4v) is 4.12. The number of likely N-dealkylation sites (tertiary alicyclic amines) is 1. The minimum Gasteiger partial charge on any atom is -0.381 e. The second-order valence-corrected chi connectivity index (χ2v) is 7.23. The smallest absolute Gasteiger partial charge is 0.131 e. The number of nitrogens with one attached hydrogen (secondary N) is 1. The van der Waals surface area contributed by atoms with Crippen molar-refractivity contribution in [2.45, 2.75) is 63.6 Å². The summed E-state index contributed by atoms with van der Waals surface area (Å²) in [5, 5.41) is 6.69. The van der Waals surface area contributed by atoms with Crippen LogP contribution in [-0.2, 0) is 4.74 Å². The maximum absolute atomic E-state index is 11.0. The number of rotatable bonds is 5. The zero-order valence-corrected chi connectivity index (χ0v) is 14.8. The summed E-state index contributed by atoms with van der Waals surface area (Å²) >= 11 is 0. The molecular weight excluding hydrogens is 302 g/mol. The maximum Gasteiger partial charge on any atom is 0.131 e.